The van der Waals surface area contributed by atoms with Gasteiger partial charge in [0.2, 0.25) is 0 Å². The summed E-state index contributed by atoms with van der Waals surface area (Å²) >= 11 is 0. The summed E-state index contributed by atoms with van der Waals surface area (Å²) in [4.78, 5) is 27.5. The van der Waals surface area contributed by atoms with Crippen LogP contribution in [-0.4, -0.2) is 89.7 Å². The minimum atomic E-state index is -0.997. The number of aromatic nitrogens is 2. The van der Waals surface area contributed by atoms with Gasteiger partial charge in [-0.3, -0.25) is 0 Å². The van der Waals surface area contributed by atoms with Gasteiger partial charge in [-0.05, 0) is 30.7 Å². The molecule has 0 bridgehead atoms. The number of morpholine rings is 1. The molecule has 4 aliphatic rings. The lowest BCUT2D eigenvalue weighted by atomic mass is 10.0. The molecule has 1 aliphatic carbocycles. The number of nitrogens with zero attached hydrogens (tertiary/aromatic N) is 6. The molecule has 2 saturated heterocycles. The van der Waals surface area contributed by atoms with Crippen LogP contribution < -0.4 is 19.9 Å². The second-order valence-electron chi connectivity index (χ2n) is 11.8. The molecular weight excluding hydrogens is 534 g/mol. The van der Waals surface area contributed by atoms with Crippen LogP contribution in [0.1, 0.15) is 30.5 Å². The van der Waals surface area contributed by atoms with Gasteiger partial charge in [0.25, 0.3) is 0 Å². The standard InChI is InChI=1S/C31H35N7O4/c32-12-8-22-17-37(14-15-38(22)30(39)40)28-25-9-13-36(27-7-3-5-21-4-1-2-6-24(21)27)18-26(25)34-29(35-28)41-19-23-16-33-31(10-11-31)20-42-23/h1-7,22-23,33H,8-11,13-20H2,(H,39,40)/t22-,23+/m0/s1. The largest absolute Gasteiger partial charge is 0.465 e. The molecule has 1 aromatic heterocycles. The quantitative estimate of drug-likeness (QED) is 0.457. The first kappa shape index (κ1) is 26.7. The number of hydrogen-bond donors (Lipinski definition) is 2. The average molecular weight is 570 g/mol. The Morgan fingerprint density at radius 2 is 2.00 bits per heavy atom. The number of ether oxygens (including phenoxy) is 2. The van der Waals surface area contributed by atoms with Gasteiger partial charge < -0.3 is 34.6 Å². The topological polar surface area (TPSA) is 127 Å². The lowest BCUT2D eigenvalue weighted by molar-refractivity contribution is -0.0274. The molecule has 11 heteroatoms. The number of hydrogen-bond acceptors (Lipinski definition) is 9. The lowest BCUT2D eigenvalue weighted by Gasteiger charge is -2.41. The Bertz CT molecular complexity index is 1520. The number of amides is 1. The second-order valence-corrected chi connectivity index (χ2v) is 11.8. The van der Waals surface area contributed by atoms with Crippen molar-refractivity contribution in [2.45, 2.75) is 49.9 Å². The number of fused-ring (bicyclic) bond motifs is 2. The number of rotatable bonds is 6. The van der Waals surface area contributed by atoms with Crippen LogP contribution in [0.4, 0.5) is 16.3 Å². The Morgan fingerprint density at radius 1 is 1.14 bits per heavy atom. The van der Waals surface area contributed by atoms with Crippen molar-refractivity contribution in [2.75, 3.05) is 55.7 Å². The lowest BCUT2D eigenvalue weighted by Crippen LogP contribution is -2.55. The smallest absolute Gasteiger partial charge is 0.407 e. The fraction of sp³-hybridized carbons (Fsp3) is 0.484. The third-order valence-electron chi connectivity index (χ3n) is 9.04. The van der Waals surface area contributed by atoms with Crippen molar-refractivity contribution in [3.63, 3.8) is 0 Å². The van der Waals surface area contributed by atoms with Crippen molar-refractivity contribution in [3.8, 4) is 12.1 Å². The van der Waals surface area contributed by atoms with E-state index in [1.807, 2.05) is 0 Å². The summed E-state index contributed by atoms with van der Waals surface area (Å²) in [6.07, 6.45) is 2.12. The van der Waals surface area contributed by atoms with Gasteiger partial charge in [-0.1, -0.05) is 36.4 Å². The van der Waals surface area contributed by atoms with Crippen molar-refractivity contribution in [2.24, 2.45) is 0 Å². The molecule has 7 rings (SSSR count). The van der Waals surface area contributed by atoms with Gasteiger partial charge in [-0.25, -0.2) is 4.79 Å². The zero-order valence-electron chi connectivity index (χ0n) is 23.5. The van der Waals surface area contributed by atoms with Crippen molar-refractivity contribution < 1.29 is 19.4 Å². The van der Waals surface area contributed by atoms with E-state index in [2.05, 4.69) is 63.7 Å². The molecule has 2 atom stereocenters. The van der Waals surface area contributed by atoms with Crippen LogP contribution in [0, 0.1) is 11.3 Å². The zero-order chi connectivity index (χ0) is 28.7. The highest BCUT2D eigenvalue weighted by Gasteiger charge is 2.46. The van der Waals surface area contributed by atoms with Gasteiger partial charge in [0, 0.05) is 54.9 Å². The monoisotopic (exact) mass is 569 g/mol. The highest BCUT2D eigenvalue weighted by atomic mass is 16.5. The Hall–Kier alpha value is -4.14. The van der Waals surface area contributed by atoms with E-state index in [4.69, 9.17) is 19.4 Å². The number of nitrogens with one attached hydrogen (secondary N) is 1. The number of nitriles is 1. The maximum Gasteiger partial charge on any atom is 0.407 e. The Morgan fingerprint density at radius 3 is 2.79 bits per heavy atom. The molecular formula is C31H35N7O4. The summed E-state index contributed by atoms with van der Waals surface area (Å²) in [5.41, 5.74) is 3.31. The molecule has 1 saturated carbocycles. The van der Waals surface area contributed by atoms with Crippen molar-refractivity contribution in [1.82, 2.24) is 20.2 Å². The number of anilines is 2. The number of carboxylic acid groups (broad SMARTS) is 1. The molecule has 1 amide bonds. The summed E-state index contributed by atoms with van der Waals surface area (Å²) in [6.45, 7) is 4.38. The van der Waals surface area contributed by atoms with E-state index in [9.17, 15) is 15.2 Å². The molecule has 1 spiro atoms. The summed E-state index contributed by atoms with van der Waals surface area (Å²) in [7, 11) is 0. The van der Waals surface area contributed by atoms with Crippen molar-refractivity contribution in [3.05, 3.63) is 53.7 Å². The molecule has 3 fully saturated rings. The fourth-order valence-electron chi connectivity index (χ4n) is 6.45. The first-order chi connectivity index (χ1) is 20.5. The van der Waals surface area contributed by atoms with Crippen LogP contribution in [0.2, 0.25) is 0 Å². The molecule has 42 heavy (non-hydrogen) atoms. The van der Waals surface area contributed by atoms with E-state index in [-0.39, 0.29) is 18.1 Å². The van der Waals surface area contributed by atoms with Crippen LogP contribution in [0.5, 0.6) is 6.01 Å². The first-order valence-electron chi connectivity index (χ1n) is 14.8. The van der Waals surface area contributed by atoms with Gasteiger partial charge in [0.15, 0.2) is 0 Å². The highest BCUT2D eigenvalue weighted by molar-refractivity contribution is 5.94. The van der Waals surface area contributed by atoms with E-state index in [0.717, 1.165) is 49.4 Å². The van der Waals surface area contributed by atoms with E-state index in [0.29, 0.717) is 45.4 Å². The SMILES string of the molecule is N#CC[C@H]1CN(c2nc(OC[C@H]3CNC4(CC4)CO3)nc3c2CCN(c2cccc4ccccc24)C3)CCN1C(=O)O. The second kappa shape index (κ2) is 10.9. The number of benzene rings is 2. The summed E-state index contributed by atoms with van der Waals surface area (Å²) in [5, 5.41) is 25.1. The molecule has 3 aromatic rings. The van der Waals surface area contributed by atoms with Crippen molar-refractivity contribution >= 4 is 28.4 Å². The van der Waals surface area contributed by atoms with Gasteiger partial charge in [0.05, 0.1) is 37.4 Å². The predicted octanol–water partition coefficient (Wildman–Crippen LogP) is 3.17. The Labute approximate surface area is 244 Å². The van der Waals surface area contributed by atoms with E-state index >= 15 is 0 Å². The van der Waals surface area contributed by atoms with Gasteiger partial charge in [-0.2, -0.15) is 15.2 Å². The number of carbonyl (C=O) groups is 1. The zero-order valence-corrected chi connectivity index (χ0v) is 23.5. The maximum absolute atomic E-state index is 11.8. The number of piperazine rings is 1. The molecule has 2 aromatic carbocycles. The van der Waals surface area contributed by atoms with Gasteiger partial charge in [0.1, 0.15) is 18.5 Å². The van der Waals surface area contributed by atoms with Crippen LogP contribution in [-0.2, 0) is 17.7 Å². The van der Waals surface area contributed by atoms with Crippen LogP contribution in [0.25, 0.3) is 10.8 Å². The Balaban J connectivity index is 1.18. The third kappa shape index (κ3) is 5.16. The predicted molar refractivity (Wildman–Crippen MR) is 157 cm³/mol. The first-order valence-corrected chi connectivity index (χ1v) is 14.8. The Kier molecular flexibility index (Phi) is 6.96. The third-order valence-corrected chi connectivity index (χ3v) is 9.04. The van der Waals surface area contributed by atoms with Crippen LogP contribution in [0.15, 0.2) is 42.5 Å². The normalized spacial score (nSPS) is 23.0. The fourth-order valence-corrected chi connectivity index (χ4v) is 6.45. The van der Waals surface area contributed by atoms with Gasteiger partial charge in [-0.15, -0.1) is 0 Å². The maximum atomic E-state index is 11.8. The van der Waals surface area contributed by atoms with Crippen molar-refractivity contribution in [1.29, 1.82) is 5.26 Å². The van der Waals surface area contributed by atoms with E-state index in [1.54, 1.807) is 0 Å². The minimum absolute atomic E-state index is 0.0781. The molecule has 218 valence electrons. The minimum Gasteiger partial charge on any atom is -0.465 e. The van der Waals surface area contributed by atoms with Crippen LogP contribution >= 0.6 is 0 Å². The molecule has 11 nitrogen and oxygen atoms in total. The average Bonchev–Trinajstić information content (AvgIpc) is 3.78. The molecule has 0 unspecified atom stereocenters. The summed E-state index contributed by atoms with van der Waals surface area (Å²) in [5.74, 6) is 0.778. The van der Waals surface area contributed by atoms with Gasteiger partial charge >= 0.3 is 12.1 Å². The molecule has 2 N–H and O–H groups in total. The summed E-state index contributed by atoms with van der Waals surface area (Å²) in [6, 6.07) is 16.8. The van der Waals surface area contributed by atoms with E-state index in [1.165, 1.54) is 21.4 Å². The molecule has 4 heterocycles. The van der Waals surface area contributed by atoms with Crippen LogP contribution in [0.3, 0.4) is 0 Å². The highest BCUT2D eigenvalue weighted by Crippen LogP contribution is 2.38. The van der Waals surface area contributed by atoms with E-state index < -0.39 is 12.1 Å². The summed E-state index contributed by atoms with van der Waals surface area (Å²) < 4.78 is 12.3. The molecule has 3 aliphatic heterocycles. The molecule has 0 radical (unpaired) electrons.